The number of rotatable bonds is 2. The van der Waals surface area contributed by atoms with Crippen molar-refractivity contribution in [2.45, 2.75) is 25.8 Å². The Hall–Kier alpha value is -0.830. The molecule has 12 heavy (non-hydrogen) atoms. The Morgan fingerprint density at radius 3 is 2.42 bits per heavy atom. The molecule has 0 aliphatic carbocycles. The molecule has 0 unspecified atom stereocenters. The van der Waals surface area contributed by atoms with Gasteiger partial charge in [-0.1, -0.05) is 32.2 Å². The van der Waals surface area contributed by atoms with E-state index in [1.165, 1.54) is 11.8 Å². The van der Waals surface area contributed by atoms with E-state index in [1.807, 2.05) is 20.8 Å². The monoisotopic (exact) mass is 182 g/mol. The zero-order valence-electron chi connectivity index (χ0n) is 7.74. The molecule has 66 valence electrons. The van der Waals surface area contributed by atoms with Gasteiger partial charge in [0.15, 0.2) is 0 Å². The maximum absolute atomic E-state index is 4.10. The van der Waals surface area contributed by atoms with E-state index < -0.39 is 0 Å². The van der Waals surface area contributed by atoms with Gasteiger partial charge in [-0.15, -0.1) is 0 Å². The van der Waals surface area contributed by atoms with Crippen molar-refractivity contribution in [1.82, 2.24) is 9.97 Å². The average Bonchev–Trinajstić information content (AvgIpc) is 2.13. The van der Waals surface area contributed by atoms with E-state index in [0.29, 0.717) is 0 Å². The molecule has 1 aromatic heterocycles. The highest BCUT2D eigenvalue weighted by Crippen LogP contribution is 2.16. The summed E-state index contributed by atoms with van der Waals surface area (Å²) in [5.41, 5.74) is 0.951. The lowest BCUT2D eigenvalue weighted by Crippen LogP contribution is -1.85. The highest BCUT2D eigenvalue weighted by molar-refractivity contribution is 8.02. The van der Waals surface area contributed by atoms with Crippen molar-refractivity contribution >= 4 is 11.8 Å². The minimum Gasteiger partial charge on any atom is -0.257 e. The summed E-state index contributed by atoms with van der Waals surface area (Å²) in [7, 11) is 0. The van der Waals surface area contributed by atoms with Crippen LogP contribution in [0.5, 0.6) is 0 Å². The molecule has 0 fully saturated rings. The summed E-state index contributed by atoms with van der Waals surface area (Å²) in [5, 5.41) is 2.68. The van der Waals surface area contributed by atoms with Gasteiger partial charge in [0.05, 0.1) is 5.69 Å². The second-order valence-corrected chi connectivity index (χ2v) is 2.69. The minimum atomic E-state index is 0.928. The Morgan fingerprint density at radius 2 is 1.92 bits per heavy atom. The maximum Gasteiger partial charge on any atom is 0.121 e. The quantitative estimate of drug-likeness (QED) is 0.657. The van der Waals surface area contributed by atoms with Gasteiger partial charge in [0, 0.05) is 12.4 Å². The molecule has 3 heteroatoms. The molecule has 0 radical (unpaired) electrons. The molecule has 0 aliphatic heterocycles. The van der Waals surface area contributed by atoms with E-state index in [-0.39, 0.29) is 0 Å². The van der Waals surface area contributed by atoms with Crippen molar-refractivity contribution in [3.8, 4) is 0 Å². The van der Waals surface area contributed by atoms with Crippen molar-refractivity contribution in [3.05, 3.63) is 30.1 Å². The zero-order chi connectivity index (χ0) is 9.40. The third-order valence-electron chi connectivity index (χ3n) is 1.03. The lowest BCUT2D eigenvalue weighted by atomic mass is 10.5. The van der Waals surface area contributed by atoms with Gasteiger partial charge in [-0.25, -0.2) is 4.98 Å². The Bertz CT molecular complexity index is 236. The number of thioether (sulfide) groups is 1. The van der Waals surface area contributed by atoms with Crippen LogP contribution in [0, 0.1) is 6.92 Å². The van der Waals surface area contributed by atoms with Gasteiger partial charge < -0.3 is 0 Å². The van der Waals surface area contributed by atoms with E-state index in [0.717, 1.165) is 10.7 Å². The number of aryl methyl sites for hydroxylation is 1. The predicted molar refractivity (Wildman–Crippen MR) is 54.2 cm³/mol. The smallest absolute Gasteiger partial charge is 0.121 e. The van der Waals surface area contributed by atoms with Crippen LogP contribution in [-0.2, 0) is 0 Å². The zero-order valence-corrected chi connectivity index (χ0v) is 8.56. The summed E-state index contributed by atoms with van der Waals surface area (Å²) in [6.45, 7) is 9.52. The molecular weight excluding hydrogens is 168 g/mol. The van der Waals surface area contributed by atoms with Crippen LogP contribution >= 0.6 is 11.8 Å². The Morgan fingerprint density at radius 1 is 1.33 bits per heavy atom. The summed E-state index contributed by atoms with van der Waals surface area (Å²) in [6.07, 6.45) is 3.36. The largest absolute Gasteiger partial charge is 0.257 e. The highest BCUT2D eigenvalue weighted by atomic mass is 32.2. The summed E-state index contributed by atoms with van der Waals surface area (Å²) in [5.74, 6) is 0. The number of hydrogen-bond donors (Lipinski definition) is 0. The van der Waals surface area contributed by atoms with Gasteiger partial charge in [-0.3, -0.25) is 4.98 Å². The Balaban J connectivity index is 0.000000561. The number of nitrogens with zero attached hydrogens (tertiary/aromatic N) is 2. The molecule has 0 saturated heterocycles. The summed E-state index contributed by atoms with van der Waals surface area (Å²) in [6, 6.07) is 0. The Labute approximate surface area is 78.1 Å². The first-order valence-corrected chi connectivity index (χ1v) is 4.77. The Kier molecular flexibility index (Phi) is 6.38. The van der Waals surface area contributed by atoms with Crippen LogP contribution in [-0.4, -0.2) is 9.97 Å². The average molecular weight is 182 g/mol. The minimum absolute atomic E-state index is 0.928. The fraction of sp³-hybridized carbons (Fsp3) is 0.333. The van der Waals surface area contributed by atoms with Gasteiger partial charge >= 0.3 is 0 Å². The summed E-state index contributed by atoms with van der Waals surface area (Å²) < 4.78 is 0. The van der Waals surface area contributed by atoms with Gasteiger partial charge in [0.2, 0.25) is 0 Å². The first-order valence-electron chi connectivity index (χ1n) is 3.90. The number of aromatic nitrogens is 2. The lowest BCUT2D eigenvalue weighted by Gasteiger charge is -1.96. The fourth-order valence-electron chi connectivity index (χ4n) is 0.589. The van der Waals surface area contributed by atoms with Gasteiger partial charge in [0.1, 0.15) is 5.03 Å². The molecule has 1 heterocycles. The molecule has 0 bridgehead atoms. The van der Waals surface area contributed by atoms with E-state index in [4.69, 9.17) is 0 Å². The number of hydrogen-bond acceptors (Lipinski definition) is 3. The molecule has 2 nitrogen and oxygen atoms in total. The van der Waals surface area contributed by atoms with Gasteiger partial charge in [-0.2, -0.15) is 0 Å². The van der Waals surface area contributed by atoms with Crippen LogP contribution in [0.25, 0.3) is 0 Å². The third-order valence-corrected chi connectivity index (χ3v) is 1.82. The molecule has 0 aromatic carbocycles. The molecule has 1 rings (SSSR count). The van der Waals surface area contributed by atoms with Gasteiger partial charge in [-0.05, 0) is 12.3 Å². The topological polar surface area (TPSA) is 25.8 Å². The van der Waals surface area contributed by atoms with Crippen molar-refractivity contribution in [2.75, 3.05) is 0 Å². The summed E-state index contributed by atoms with van der Waals surface area (Å²) >= 11 is 1.49. The fourth-order valence-corrected chi connectivity index (χ4v) is 1.09. The van der Waals surface area contributed by atoms with Crippen molar-refractivity contribution in [1.29, 1.82) is 0 Å². The molecule has 0 spiro atoms. The van der Waals surface area contributed by atoms with Crippen molar-refractivity contribution < 1.29 is 0 Å². The molecule has 0 atom stereocenters. The maximum atomic E-state index is 4.10. The third kappa shape index (κ3) is 3.53. The van der Waals surface area contributed by atoms with E-state index in [1.54, 1.807) is 17.8 Å². The molecule has 0 saturated carbocycles. The molecule has 0 N–H and O–H groups in total. The SMILES string of the molecule is C=CSc1nccnc1C.CC. The predicted octanol–water partition coefficient (Wildman–Crippen LogP) is 3.05. The van der Waals surface area contributed by atoms with Crippen LogP contribution < -0.4 is 0 Å². The second kappa shape index (κ2) is 6.85. The summed E-state index contributed by atoms with van der Waals surface area (Å²) in [4.78, 5) is 8.16. The molecular formula is C9H14N2S. The second-order valence-electron chi connectivity index (χ2n) is 1.73. The van der Waals surface area contributed by atoms with Crippen LogP contribution in [0.15, 0.2) is 29.4 Å². The first kappa shape index (κ1) is 11.2. The highest BCUT2D eigenvalue weighted by Gasteiger charge is 1.95. The first-order chi connectivity index (χ1) is 5.84. The van der Waals surface area contributed by atoms with E-state index >= 15 is 0 Å². The van der Waals surface area contributed by atoms with Crippen molar-refractivity contribution in [2.24, 2.45) is 0 Å². The standard InChI is InChI=1S/C7H8N2S.C2H6/c1-3-10-7-6(2)8-4-5-9-7;1-2/h3-5H,1H2,2H3;1-2H3. The van der Waals surface area contributed by atoms with Crippen molar-refractivity contribution in [3.63, 3.8) is 0 Å². The van der Waals surface area contributed by atoms with Crippen LogP contribution in [0.1, 0.15) is 19.5 Å². The lowest BCUT2D eigenvalue weighted by molar-refractivity contribution is 0.989. The molecule has 0 amide bonds. The normalized spacial score (nSPS) is 8.25. The van der Waals surface area contributed by atoms with E-state index in [9.17, 15) is 0 Å². The van der Waals surface area contributed by atoms with Gasteiger partial charge in [0.25, 0.3) is 0 Å². The van der Waals surface area contributed by atoms with E-state index in [2.05, 4.69) is 16.5 Å². The van der Waals surface area contributed by atoms with Crippen LogP contribution in [0.4, 0.5) is 0 Å². The molecule has 1 aromatic rings. The van der Waals surface area contributed by atoms with Crippen LogP contribution in [0.2, 0.25) is 0 Å². The molecule has 0 aliphatic rings. The van der Waals surface area contributed by atoms with Crippen LogP contribution in [0.3, 0.4) is 0 Å².